The fraction of sp³-hybridized carbons (Fsp3) is 0. The molecule has 0 amide bonds. The lowest BCUT2D eigenvalue weighted by Crippen LogP contribution is -2.04. The third kappa shape index (κ3) is 2.17. The van der Waals surface area contributed by atoms with Gasteiger partial charge < -0.3 is 9.72 Å². The van der Waals surface area contributed by atoms with Gasteiger partial charge in [-0.05, 0) is 17.5 Å². The van der Waals surface area contributed by atoms with Gasteiger partial charge in [0.05, 0.1) is 6.26 Å². The van der Waals surface area contributed by atoms with Crippen LogP contribution in [-0.4, -0.2) is 16.7 Å². The molecule has 0 fully saturated rings. The van der Waals surface area contributed by atoms with Crippen molar-refractivity contribution in [3.8, 4) is 0 Å². The van der Waals surface area contributed by atoms with Gasteiger partial charge in [-0.2, -0.15) is 0 Å². The smallest absolute Gasteiger partial charge is 0.383 e. The number of nitrogens with one attached hydrogen (secondary N) is 1. The zero-order valence-electron chi connectivity index (χ0n) is 8.34. The quantitative estimate of drug-likeness (QED) is 0.538. The fourth-order valence-corrected chi connectivity index (χ4v) is 1.28. The second kappa shape index (κ2) is 4.44. The van der Waals surface area contributed by atoms with E-state index in [2.05, 4.69) is 27.9 Å². The van der Waals surface area contributed by atoms with Crippen molar-refractivity contribution in [1.82, 2.24) is 4.98 Å². The molecule has 0 unspecified atom stereocenters. The molecule has 0 saturated heterocycles. The number of aromatic nitrogens is 1. The van der Waals surface area contributed by atoms with Gasteiger partial charge in [0, 0.05) is 17.8 Å². The number of ketones is 1. The Kier molecular flexibility index (Phi) is 2.82. The van der Waals surface area contributed by atoms with Crippen LogP contribution >= 0.6 is 0 Å². The van der Waals surface area contributed by atoms with E-state index in [1.165, 1.54) is 10.9 Å². The summed E-state index contributed by atoms with van der Waals surface area (Å²) < 4.78 is 4.10. The maximum absolute atomic E-state index is 10.0. The zero-order chi connectivity index (χ0) is 11.4. The van der Waals surface area contributed by atoms with E-state index < -0.39 is 11.8 Å². The summed E-state index contributed by atoms with van der Waals surface area (Å²) in [6.45, 7) is 0. The molecule has 4 nitrogen and oxygen atoms in total. The van der Waals surface area contributed by atoms with Crippen LogP contribution in [0.5, 0.6) is 0 Å². The predicted octanol–water partition coefficient (Wildman–Crippen LogP) is 1.79. The normalized spacial score (nSPS) is 13.5. The number of carbonyl (C=O) groups excluding carboxylic acids is 2. The molecule has 3 rings (SSSR count). The second-order valence-corrected chi connectivity index (χ2v) is 3.14. The molecular formula is C12H9NO3. The summed E-state index contributed by atoms with van der Waals surface area (Å²) in [7, 11) is 0. The average molecular weight is 215 g/mol. The van der Waals surface area contributed by atoms with Gasteiger partial charge in [-0.25, -0.2) is 4.79 Å². The van der Waals surface area contributed by atoms with Gasteiger partial charge in [0.25, 0.3) is 5.78 Å². The molecule has 1 aliphatic rings. The van der Waals surface area contributed by atoms with Crippen LogP contribution in [0.1, 0.15) is 0 Å². The van der Waals surface area contributed by atoms with E-state index >= 15 is 0 Å². The van der Waals surface area contributed by atoms with Crippen molar-refractivity contribution in [2.45, 2.75) is 0 Å². The molecule has 0 saturated carbocycles. The summed E-state index contributed by atoms with van der Waals surface area (Å²) >= 11 is 0. The SMILES string of the molecule is O=C1C=COC1=O.c1ccc2[nH]ccc2c1. The summed E-state index contributed by atoms with van der Waals surface area (Å²) in [5.41, 5.74) is 1.21. The molecule has 2 heterocycles. The molecule has 1 aromatic heterocycles. The number of aromatic amines is 1. The van der Waals surface area contributed by atoms with Crippen molar-refractivity contribution < 1.29 is 14.3 Å². The Balaban J connectivity index is 0.000000125. The fourth-order valence-electron chi connectivity index (χ4n) is 1.28. The van der Waals surface area contributed by atoms with Gasteiger partial charge in [-0.15, -0.1) is 0 Å². The lowest BCUT2D eigenvalue weighted by Gasteiger charge is -1.83. The number of esters is 1. The van der Waals surface area contributed by atoms with Crippen molar-refractivity contribution in [2.75, 3.05) is 0 Å². The van der Waals surface area contributed by atoms with Gasteiger partial charge >= 0.3 is 5.97 Å². The Bertz CT molecular complexity index is 524. The standard InChI is InChI=1S/C8H7N.C4H2O3/c1-2-4-8-7(3-1)5-6-9-8;5-3-1-2-7-4(3)6/h1-6,9H;1-2H. The van der Waals surface area contributed by atoms with E-state index in [1.807, 2.05) is 18.3 Å². The number of carbonyl (C=O) groups is 2. The number of benzene rings is 1. The zero-order valence-corrected chi connectivity index (χ0v) is 8.34. The minimum Gasteiger partial charge on any atom is -0.428 e. The highest BCUT2D eigenvalue weighted by molar-refractivity contribution is 6.40. The highest BCUT2D eigenvalue weighted by Crippen LogP contribution is 2.09. The molecule has 0 aliphatic carbocycles. The van der Waals surface area contributed by atoms with Crippen molar-refractivity contribution in [3.63, 3.8) is 0 Å². The van der Waals surface area contributed by atoms with Gasteiger partial charge in [-0.1, -0.05) is 18.2 Å². The maximum Gasteiger partial charge on any atom is 0.383 e. The van der Waals surface area contributed by atoms with Crippen LogP contribution < -0.4 is 0 Å². The molecule has 0 atom stereocenters. The number of H-pyrrole nitrogens is 1. The number of para-hydroxylation sites is 1. The van der Waals surface area contributed by atoms with E-state index in [-0.39, 0.29) is 0 Å². The first kappa shape index (κ1) is 10.2. The molecular weight excluding hydrogens is 206 g/mol. The molecule has 1 aromatic carbocycles. The molecule has 4 heteroatoms. The lowest BCUT2D eigenvalue weighted by atomic mass is 10.3. The number of fused-ring (bicyclic) bond motifs is 1. The molecule has 2 aromatic rings. The Hall–Kier alpha value is -2.36. The molecule has 16 heavy (non-hydrogen) atoms. The number of rotatable bonds is 0. The molecule has 80 valence electrons. The van der Waals surface area contributed by atoms with Crippen molar-refractivity contribution >= 4 is 22.7 Å². The van der Waals surface area contributed by atoms with Crippen molar-refractivity contribution in [3.05, 3.63) is 48.9 Å². The highest BCUT2D eigenvalue weighted by Gasteiger charge is 2.15. The van der Waals surface area contributed by atoms with Gasteiger partial charge in [0.1, 0.15) is 0 Å². The van der Waals surface area contributed by atoms with Gasteiger partial charge in [-0.3, -0.25) is 4.79 Å². The summed E-state index contributed by atoms with van der Waals surface area (Å²) in [4.78, 5) is 23.1. The molecule has 0 spiro atoms. The number of hydrogen-bond donors (Lipinski definition) is 1. The first-order valence-corrected chi connectivity index (χ1v) is 4.71. The summed E-state index contributed by atoms with van der Waals surface area (Å²) in [6, 6.07) is 10.3. The van der Waals surface area contributed by atoms with Crippen molar-refractivity contribution in [2.24, 2.45) is 0 Å². The first-order chi connectivity index (χ1) is 7.77. The van der Waals surface area contributed by atoms with Crippen LogP contribution in [0.15, 0.2) is 48.9 Å². The van der Waals surface area contributed by atoms with Crippen LogP contribution in [0.25, 0.3) is 10.9 Å². The third-order valence-electron chi connectivity index (χ3n) is 2.06. The topological polar surface area (TPSA) is 59.2 Å². The minimum atomic E-state index is -0.792. The number of cyclic esters (lactones) is 1. The monoisotopic (exact) mass is 215 g/mol. The lowest BCUT2D eigenvalue weighted by molar-refractivity contribution is -0.145. The van der Waals surface area contributed by atoms with Crippen LogP contribution in [0.2, 0.25) is 0 Å². The van der Waals surface area contributed by atoms with E-state index in [4.69, 9.17) is 0 Å². The Morgan fingerprint density at radius 3 is 2.44 bits per heavy atom. The molecule has 1 N–H and O–H groups in total. The minimum absolute atomic E-state index is 0.583. The van der Waals surface area contributed by atoms with Crippen LogP contribution in [0, 0.1) is 0 Å². The summed E-state index contributed by atoms with van der Waals surface area (Å²) in [5, 5.41) is 1.28. The van der Waals surface area contributed by atoms with Crippen molar-refractivity contribution in [1.29, 1.82) is 0 Å². The van der Waals surface area contributed by atoms with E-state index in [0.29, 0.717) is 0 Å². The second-order valence-electron chi connectivity index (χ2n) is 3.14. The number of ether oxygens (including phenoxy) is 1. The first-order valence-electron chi connectivity index (χ1n) is 4.71. The van der Waals surface area contributed by atoms with E-state index in [9.17, 15) is 9.59 Å². The van der Waals surface area contributed by atoms with Gasteiger partial charge in [0.15, 0.2) is 0 Å². The van der Waals surface area contributed by atoms with E-state index in [0.717, 1.165) is 12.3 Å². The Morgan fingerprint density at radius 1 is 1.06 bits per heavy atom. The van der Waals surface area contributed by atoms with Crippen LogP contribution in [0.4, 0.5) is 0 Å². The van der Waals surface area contributed by atoms with E-state index in [1.54, 1.807) is 0 Å². The molecule has 0 bridgehead atoms. The average Bonchev–Trinajstić information content (AvgIpc) is 2.89. The number of hydrogen-bond acceptors (Lipinski definition) is 3. The maximum atomic E-state index is 10.0. The third-order valence-corrected chi connectivity index (χ3v) is 2.06. The summed E-state index contributed by atoms with van der Waals surface area (Å²) in [6.07, 6.45) is 4.11. The highest BCUT2D eigenvalue weighted by atomic mass is 16.5. The Labute approximate surface area is 91.5 Å². The predicted molar refractivity (Wildman–Crippen MR) is 58.5 cm³/mol. The van der Waals surface area contributed by atoms with Crippen LogP contribution in [-0.2, 0) is 14.3 Å². The van der Waals surface area contributed by atoms with Gasteiger partial charge in [0.2, 0.25) is 0 Å². The summed E-state index contributed by atoms with van der Waals surface area (Å²) in [5.74, 6) is -1.37. The molecule has 1 aliphatic heterocycles. The molecule has 0 radical (unpaired) electrons. The largest absolute Gasteiger partial charge is 0.428 e. The Morgan fingerprint density at radius 2 is 1.88 bits per heavy atom. The van der Waals surface area contributed by atoms with Crippen LogP contribution in [0.3, 0.4) is 0 Å².